The Kier molecular flexibility index (Phi) is 5.87. The molecule has 1 aliphatic heterocycles. The Morgan fingerprint density at radius 2 is 1.80 bits per heavy atom. The number of carbonyl (C=O) groups is 1. The number of aryl methyl sites for hydroxylation is 1. The number of nitrogens with one attached hydrogen (secondary N) is 1. The maximum atomic E-state index is 12.6. The summed E-state index contributed by atoms with van der Waals surface area (Å²) in [5, 5.41) is 3.18. The van der Waals surface area contributed by atoms with Crippen LogP contribution < -0.4 is 5.32 Å². The molecule has 2 aromatic rings. The molecule has 3 rings (SSSR count). The molecule has 0 spiro atoms. The summed E-state index contributed by atoms with van der Waals surface area (Å²) >= 11 is 0. The number of amides is 1. The Bertz CT molecular complexity index is 671. The van der Waals surface area contributed by atoms with Crippen molar-refractivity contribution >= 4 is 5.91 Å². The zero-order valence-electron chi connectivity index (χ0n) is 15.0. The molecule has 1 atom stereocenters. The van der Waals surface area contributed by atoms with Gasteiger partial charge in [0.25, 0.3) is 5.91 Å². The van der Waals surface area contributed by atoms with Gasteiger partial charge >= 0.3 is 0 Å². The molecule has 1 amide bonds. The van der Waals surface area contributed by atoms with E-state index in [1.54, 1.807) is 0 Å². The van der Waals surface area contributed by atoms with Crippen molar-refractivity contribution in [3.8, 4) is 0 Å². The van der Waals surface area contributed by atoms with Gasteiger partial charge in [-0.15, -0.1) is 0 Å². The van der Waals surface area contributed by atoms with Crippen molar-refractivity contribution in [2.75, 3.05) is 19.8 Å². The van der Waals surface area contributed by atoms with E-state index in [2.05, 4.69) is 36.5 Å². The Hall–Kier alpha value is -2.13. The van der Waals surface area contributed by atoms with Gasteiger partial charge in [-0.05, 0) is 48.9 Å². The molecule has 1 unspecified atom stereocenters. The minimum atomic E-state index is -0.0449. The number of hydrogen-bond acceptors (Lipinski definition) is 2. The maximum Gasteiger partial charge on any atom is 0.251 e. The number of carbonyl (C=O) groups excluding carboxylic acids is 1. The summed E-state index contributed by atoms with van der Waals surface area (Å²) in [7, 11) is 0. The first-order chi connectivity index (χ1) is 12.2. The van der Waals surface area contributed by atoms with Gasteiger partial charge < -0.3 is 10.1 Å². The van der Waals surface area contributed by atoms with Crippen molar-refractivity contribution in [3.05, 3.63) is 71.3 Å². The van der Waals surface area contributed by atoms with Crippen LogP contribution in [0, 0.1) is 0 Å². The second-order valence-electron chi connectivity index (χ2n) is 6.85. The van der Waals surface area contributed by atoms with Gasteiger partial charge in [0, 0.05) is 30.7 Å². The minimum Gasteiger partial charge on any atom is -0.381 e. The summed E-state index contributed by atoms with van der Waals surface area (Å²) in [4.78, 5) is 12.6. The summed E-state index contributed by atoms with van der Waals surface area (Å²) in [5.41, 5.74) is 3.22. The van der Waals surface area contributed by atoms with Crippen LogP contribution >= 0.6 is 0 Å². The average molecular weight is 337 g/mol. The van der Waals surface area contributed by atoms with Gasteiger partial charge in [0.05, 0.1) is 0 Å². The smallest absolute Gasteiger partial charge is 0.251 e. The van der Waals surface area contributed by atoms with E-state index in [-0.39, 0.29) is 11.3 Å². The monoisotopic (exact) mass is 337 g/mol. The van der Waals surface area contributed by atoms with Gasteiger partial charge in [0.1, 0.15) is 0 Å². The first kappa shape index (κ1) is 17.7. The largest absolute Gasteiger partial charge is 0.381 e. The van der Waals surface area contributed by atoms with E-state index >= 15 is 0 Å². The normalized spacial score (nSPS) is 20.7. The van der Waals surface area contributed by atoms with Gasteiger partial charge in [-0.25, -0.2) is 0 Å². The first-order valence-electron chi connectivity index (χ1n) is 9.24. The van der Waals surface area contributed by atoms with Crippen LogP contribution in [0.25, 0.3) is 0 Å². The minimum absolute atomic E-state index is 0.00289. The zero-order valence-corrected chi connectivity index (χ0v) is 15.0. The Morgan fingerprint density at radius 3 is 2.52 bits per heavy atom. The second-order valence-corrected chi connectivity index (χ2v) is 6.85. The van der Waals surface area contributed by atoms with E-state index in [1.807, 2.05) is 30.3 Å². The van der Waals surface area contributed by atoms with E-state index in [4.69, 9.17) is 4.74 Å². The zero-order chi connectivity index (χ0) is 17.5. The fraction of sp³-hybridized carbons (Fsp3) is 0.409. The molecule has 1 heterocycles. The van der Waals surface area contributed by atoms with Crippen molar-refractivity contribution in [1.82, 2.24) is 5.32 Å². The highest BCUT2D eigenvalue weighted by Gasteiger charge is 2.33. The number of hydrogen-bond donors (Lipinski definition) is 1. The lowest BCUT2D eigenvalue weighted by Gasteiger charge is -2.33. The third-order valence-electron chi connectivity index (χ3n) is 5.27. The van der Waals surface area contributed by atoms with Gasteiger partial charge in [-0.3, -0.25) is 4.79 Å². The van der Waals surface area contributed by atoms with Gasteiger partial charge in [0.2, 0.25) is 0 Å². The molecule has 0 aliphatic carbocycles. The van der Waals surface area contributed by atoms with Crippen LogP contribution in [0.4, 0.5) is 0 Å². The highest BCUT2D eigenvalue weighted by molar-refractivity contribution is 5.94. The predicted molar refractivity (Wildman–Crippen MR) is 101 cm³/mol. The Labute approximate surface area is 150 Å². The summed E-state index contributed by atoms with van der Waals surface area (Å²) in [5.74, 6) is 0.00289. The molecule has 0 radical (unpaired) electrons. The van der Waals surface area contributed by atoms with E-state index in [0.29, 0.717) is 6.54 Å². The van der Waals surface area contributed by atoms with E-state index < -0.39 is 0 Å². The molecule has 1 fully saturated rings. The highest BCUT2D eigenvalue weighted by atomic mass is 16.5. The van der Waals surface area contributed by atoms with Crippen LogP contribution in [-0.2, 0) is 16.6 Å². The summed E-state index contributed by atoms with van der Waals surface area (Å²) < 4.78 is 5.68. The van der Waals surface area contributed by atoms with Gasteiger partial charge in [0.15, 0.2) is 0 Å². The molecule has 0 bridgehead atoms. The lowest BCUT2D eigenvalue weighted by Crippen LogP contribution is -2.41. The third-order valence-corrected chi connectivity index (χ3v) is 5.27. The van der Waals surface area contributed by atoms with E-state index in [0.717, 1.165) is 44.5 Å². The standard InChI is InChI=1S/C22H27NO2/c1-2-18-9-11-19(12-10-18)21(24)23-17-22(13-6-15-25-16-14-22)20-7-4-3-5-8-20/h3-5,7-12H,2,6,13-17H2,1H3,(H,23,24). The second kappa shape index (κ2) is 8.30. The van der Waals surface area contributed by atoms with Crippen molar-refractivity contribution in [2.24, 2.45) is 0 Å². The first-order valence-corrected chi connectivity index (χ1v) is 9.24. The van der Waals surface area contributed by atoms with Crippen LogP contribution in [0.1, 0.15) is 47.7 Å². The number of rotatable bonds is 5. The molecule has 132 valence electrons. The predicted octanol–water partition coefficient (Wildman–Crippen LogP) is 4.12. The molecule has 2 aromatic carbocycles. The van der Waals surface area contributed by atoms with Crippen molar-refractivity contribution < 1.29 is 9.53 Å². The third kappa shape index (κ3) is 4.29. The molecule has 3 heteroatoms. The molecule has 1 saturated heterocycles. The van der Waals surface area contributed by atoms with Gasteiger partial charge in [-0.1, -0.05) is 49.4 Å². The molecule has 0 aromatic heterocycles. The fourth-order valence-corrected chi connectivity index (χ4v) is 3.61. The lowest BCUT2D eigenvalue weighted by molar-refractivity contribution is 0.0937. The maximum absolute atomic E-state index is 12.6. The summed E-state index contributed by atoms with van der Waals surface area (Å²) in [6, 6.07) is 18.4. The average Bonchev–Trinajstić information content (AvgIpc) is 2.93. The lowest BCUT2D eigenvalue weighted by atomic mass is 9.74. The highest BCUT2D eigenvalue weighted by Crippen LogP contribution is 2.34. The SMILES string of the molecule is CCc1ccc(C(=O)NCC2(c3ccccc3)CCCOCC2)cc1. The van der Waals surface area contributed by atoms with E-state index in [9.17, 15) is 4.79 Å². The van der Waals surface area contributed by atoms with Crippen molar-refractivity contribution in [2.45, 2.75) is 38.0 Å². The molecule has 1 N–H and O–H groups in total. The van der Waals surface area contributed by atoms with Crippen molar-refractivity contribution in [1.29, 1.82) is 0 Å². The molecule has 25 heavy (non-hydrogen) atoms. The fourth-order valence-electron chi connectivity index (χ4n) is 3.61. The molecular formula is C22H27NO2. The Balaban J connectivity index is 1.75. The van der Waals surface area contributed by atoms with Crippen LogP contribution in [0.5, 0.6) is 0 Å². The van der Waals surface area contributed by atoms with Gasteiger partial charge in [-0.2, -0.15) is 0 Å². The molecule has 3 nitrogen and oxygen atoms in total. The molecule has 1 aliphatic rings. The molecule has 0 saturated carbocycles. The summed E-state index contributed by atoms with van der Waals surface area (Å²) in [6.07, 6.45) is 3.98. The van der Waals surface area contributed by atoms with E-state index in [1.165, 1.54) is 11.1 Å². The Morgan fingerprint density at radius 1 is 1.04 bits per heavy atom. The quantitative estimate of drug-likeness (QED) is 0.891. The van der Waals surface area contributed by atoms with Crippen LogP contribution in [0.15, 0.2) is 54.6 Å². The van der Waals surface area contributed by atoms with Crippen LogP contribution in [0.3, 0.4) is 0 Å². The number of benzene rings is 2. The van der Waals surface area contributed by atoms with Crippen LogP contribution in [0.2, 0.25) is 0 Å². The molecular weight excluding hydrogens is 310 g/mol. The van der Waals surface area contributed by atoms with Crippen LogP contribution in [-0.4, -0.2) is 25.7 Å². The number of ether oxygens (including phenoxy) is 1. The topological polar surface area (TPSA) is 38.3 Å². The summed E-state index contributed by atoms with van der Waals surface area (Å²) in [6.45, 7) is 4.32. The van der Waals surface area contributed by atoms with Crippen molar-refractivity contribution in [3.63, 3.8) is 0 Å².